The summed E-state index contributed by atoms with van der Waals surface area (Å²) in [7, 11) is -4.01. The monoisotopic (exact) mass is 265 g/mol. The van der Waals surface area contributed by atoms with Gasteiger partial charge in [-0.25, -0.2) is 0 Å². The van der Waals surface area contributed by atoms with Crippen LogP contribution in [0.2, 0.25) is 0 Å². The van der Waals surface area contributed by atoms with Gasteiger partial charge in [0.2, 0.25) is 0 Å². The molecule has 96 valence electrons. The van der Waals surface area contributed by atoms with Gasteiger partial charge in [0.25, 0.3) is 10.1 Å². The summed E-state index contributed by atoms with van der Waals surface area (Å²) >= 11 is 0. The van der Waals surface area contributed by atoms with E-state index in [0.29, 0.717) is 6.42 Å². The molecule has 2 aromatic carbocycles. The fraction of sp³-hybridized carbons (Fsp3) is 0.231. The Bertz CT molecular complexity index is 652. The standard InChI is InChI=1S/C13H15NO3S/c14-13(9-18(15,16)17)8-10-5-6-11-3-1-2-4-12(11)7-10/h1-7,13H,8-9,14H2,(H,15,16,17)/t13-/m0/s1. The second-order valence-electron chi connectivity index (χ2n) is 4.39. The lowest BCUT2D eigenvalue weighted by Gasteiger charge is -2.10. The average Bonchev–Trinajstić information content (AvgIpc) is 2.26. The van der Waals surface area contributed by atoms with Crippen molar-refractivity contribution in [3.63, 3.8) is 0 Å². The van der Waals surface area contributed by atoms with E-state index in [1.165, 1.54) is 0 Å². The van der Waals surface area contributed by atoms with Gasteiger partial charge < -0.3 is 5.73 Å². The van der Waals surface area contributed by atoms with E-state index in [-0.39, 0.29) is 0 Å². The highest BCUT2D eigenvalue weighted by molar-refractivity contribution is 7.85. The Morgan fingerprint density at radius 2 is 1.78 bits per heavy atom. The molecule has 1 atom stereocenters. The first-order valence-electron chi connectivity index (χ1n) is 5.62. The van der Waals surface area contributed by atoms with Crippen LogP contribution in [0.5, 0.6) is 0 Å². The quantitative estimate of drug-likeness (QED) is 0.823. The third kappa shape index (κ3) is 3.53. The largest absolute Gasteiger partial charge is 0.326 e. The highest BCUT2D eigenvalue weighted by Crippen LogP contribution is 2.16. The summed E-state index contributed by atoms with van der Waals surface area (Å²) in [5, 5.41) is 2.22. The van der Waals surface area contributed by atoms with Gasteiger partial charge in [0.05, 0.1) is 5.75 Å². The van der Waals surface area contributed by atoms with Crippen molar-refractivity contribution in [3.8, 4) is 0 Å². The Morgan fingerprint density at radius 3 is 2.44 bits per heavy atom. The number of hydrogen-bond donors (Lipinski definition) is 2. The molecular formula is C13H15NO3S. The van der Waals surface area contributed by atoms with Gasteiger partial charge in [-0.05, 0) is 22.8 Å². The molecule has 4 nitrogen and oxygen atoms in total. The minimum Gasteiger partial charge on any atom is -0.326 e. The molecule has 0 fully saturated rings. The van der Waals surface area contributed by atoms with Crippen LogP contribution in [0.25, 0.3) is 10.8 Å². The maximum Gasteiger partial charge on any atom is 0.266 e. The molecule has 0 saturated carbocycles. The molecule has 5 heteroatoms. The van der Waals surface area contributed by atoms with Gasteiger partial charge >= 0.3 is 0 Å². The zero-order chi connectivity index (χ0) is 13.2. The molecule has 0 aromatic heterocycles. The van der Waals surface area contributed by atoms with Gasteiger partial charge in [0.1, 0.15) is 0 Å². The minimum absolute atomic E-state index is 0.417. The van der Waals surface area contributed by atoms with E-state index in [1.807, 2.05) is 42.5 Å². The fourth-order valence-corrected chi connectivity index (χ4v) is 2.66. The van der Waals surface area contributed by atoms with E-state index in [9.17, 15) is 8.42 Å². The normalized spacial score (nSPS) is 13.7. The summed E-state index contributed by atoms with van der Waals surface area (Å²) in [6.07, 6.45) is 0.421. The summed E-state index contributed by atoms with van der Waals surface area (Å²) in [6, 6.07) is 13.2. The van der Waals surface area contributed by atoms with Gasteiger partial charge in [0.15, 0.2) is 0 Å². The molecule has 3 N–H and O–H groups in total. The Kier molecular flexibility index (Phi) is 3.65. The van der Waals surface area contributed by atoms with E-state index >= 15 is 0 Å². The molecular weight excluding hydrogens is 250 g/mol. The molecule has 0 heterocycles. The topological polar surface area (TPSA) is 80.4 Å². The predicted octanol–water partition coefficient (Wildman–Crippen LogP) is 1.60. The summed E-state index contributed by atoms with van der Waals surface area (Å²) in [5.74, 6) is -0.417. The Balaban J connectivity index is 2.17. The highest BCUT2D eigenvalue weighted by atomic mass is 32.2. The van der Waals surface area contributed by atoms with Crippen LogP contribution in [0, 0.1) is 0 Å². The van der Waals surface area contributed by atoms with Crippen molar-refractivity contribution in [1.82, 2.24) is 0 Å². The zero-order valence-corrected chi connectivity index (χ0v) is 10.6. The Morgan fingerprint density at radius 1 is 1.11 bits per heavy atom. The average molecular weight is 265 g/mol. The third-order valence-corrected chi connectivity index (χ3v) is 3.59. The highest BCUT2D eigenvalue weighted by Gasteiger charge is 2.13. The molecule has 0 aliphatic carbocycles. The zero-order valence-electron chi connectivity index (χ0n) is 9.78. The van der Waals surface area contributed by atoms with Crippen molar-refractivity contribution < 1.29 is 13.0 Å². The van der Waals surface area contributed by atoms with E-state index in [1.54, 1.807) is 0 Å². The molecule has 0 aliphatic heterocycles. The number of fused-ring (bicyclic) bond motifs is 1. The van der Waals surface area contributed by atoms with Crippen molar-refractivity contribution in [1.29, 1.82) is 0 Å². The van der Waals surface area contributed by atoms with Crippen molar-refractivity contribution in [2.24, 2.45) is 5.73 Å². The summed E-state index contributed by atoms with van der Waals surface area (Å²) < 4.78 is 30.2. The van der Waals surface area contributed by atoms with Crippen LogP contribution in [-0.4, -0.2) is 24.8 Å². The van der Waals surface area contributed by atoms with Crippen LogP contribution in [-0.2, 0) is 16.5 Å². The van der Waals surface area contributed by atoms with Crippen LogP contribution >= 0.6 is 0 Å². The molecule has 2 aromatic rings. The van der Waals surface area contributed by atoms with E-state index in [0.717, 1.165) is 16.3 Å². The second-order valence-corrected chi connectivity index (χ2v) is 5.89. The van der Waals surface area contributed by atoms with Gasteiger partial charge in [-0.15, -0.1) is 0 Å². The first kappa shape index (κ1) is 13.0. The predicted molar refractivity (Wildman–Crippen MR) is 72.0 cm³/mol. The summed E-state index contributed by atoms with van der Waals surface area (Å²) in [4.78, 5) is 0. The lowest BCUT2D eigenvalue weighted by atomic mass is 10.0. The smallest absolute Gasteiger partial charge is 0.266 e. The molecule has 0 spiro atoms. The summed E-state index contributed by atoms with van der Waals surface area (Å²) in [6.45, 7) is 0. The minimum atomic E-state index is -4.01. The fourth-order valence-electron chi connectivity index (χ4n) is 2.00. The van der Waals surface area contributed by atoms with Crippen molar-refractivity contribution >= 4 is 20.9 Å². The van der Waals surface area contributed by atoms with Gasteiger partial charge in [-0.2, -0.15) is 8.42 Å². The van der Waals surface area contributed by atoms with Crippen LogP contribution in [0.3, 0.4) is 0 Å². The Hall–Kier alpha value is -1.43. The SMILES string of the molecule is N[C@@H](Cc1ccc2ccccc2c1)CS(=O)(=O)O. The maximum absolute atomic E-state index is 10.7. The molecule has 0 unspecified atom stereocenters. The molecule has 0 aliphatic rings. The summed E-state index contributed by atoms with van der Waals surface area (Å²) in [5.41, 5.74) is 6.66. The number of hydrogen-bond acceptors (Lipinski definition) is 3. The molecule has 2 rings (SSSR count). The van der Waals surface area contributed by atoms with Gasteiger partial charge in [-0.3, -0.25) is 4.55 Å². The van der Waals surface area contributed by atoms with Gasteiger partial charge in [-0.1, -0.05) is 42.5 Å². The lowest BCUT2D eigenvalue weighted by molar-refractivity contribution is 0.476. The maximum atomic E-state index is 10.7. The Labute approximate surface area is 106 Å². The van der Waals surface area contributed by atoms with E-state index < -0.39 is 21.9 Å². The first-order chi connectivity index (χ1) is 8.44. The first-order valence-corrected chi connectivity index (χ1v) is 7.23. The van der Waals surface area contributed by atoms with Crippen molar-refractivity contribution in [3.05, 3.63) is 48.0 Å². The number of nitrogens with two attached hydrogens (primary N) is 1. The third-order valence-electron chi connectivity index (χ3n) is 2.74. The van der Waals surface area contributed by atoms with Crippen LogP contribution < -0.4 is 5.73 Å². The van der Waals surface area contributed by atoms with Crippen molar-refractivity contribution in [2.45, 2.75) is 12.5 Å². The molecule has 0 saturated heterocycles. The van der Waals surface area contributed by atoms with Crippen LogP contribution in [0.4, 0.5) is 0 Å². The van der Waals surface area contributed by atoms with E-state index in [2.05, 4.69) is 0 Å². The van der Waals surface area contributed by atoms with Crippen molar-refractivity contribution in [2.75, 3.05) is 5.75 Å². The number of rotatable bonds is 4. The second kappa shape index (κ2) is 5.06. The van der Waals surface area contributed by atoms with Crippen LogP contribution in [0.15, 0.2) is 42.5 Å². The van der Waals surface area contributed by atoms with Crippen LogP contribution in [0.1, 0.15) is 5.56 Å². The molecule has 0 radical (unpaired) electrons. The molecule has 0 amide bonds. The van der Waals surface area contributed by atoms with E-state index in [4.69, 9.17) is 10.3 Å². The number of benzene rings is 2. The molecule has 18 heavy (non-hydrogen) atoms. The van der Waals surface area contributed by atoms with Gasteiger partial charge in [0, 0.05) is 6.04 Å². The lowest BCUT2D eigenvalue weighted by Crippen LogP contribution is -2.31. The molecule has 0 bridgehead atoms.